The van der Waals surface area contributed by atoms with E-state index in [2.05, 4.69) is 5.32 Å². The first-order valence-electron chi connectivity index (χ1n) is 7.63. The fraction of sp³-hybridized carbons (Fsp3) is 0.562. The van der Waals surface area contributed by atoms with Crippen molar-refractivity contribution in [1.29, 1.82) is 0 Å². The van der Waals surface area contributed by atoms with Gasteiger partial charge in [0.25, 0.3) is 0 Å². The molecule has 6 heteroatoms. The second-order valence-electron chi connectivity index (χ2n) is 5.81. The Labute approximate surface area is 129 Å². The number of carbonyl (C=O) groups excluding carboxylic acids is 1. The monoisotopic (exact) mass is 312 g/mol. The van der Waals surface area contributed by atoms with Gasteiger partial charge in [-0.25, -0.2) is 13.6 Å². The maximum absolute atomic E-state index is 13.1. The van der Waals surface area contributed by atoms with Gasteiger partial charge in [-0.15, -0.1) is 0 Å². The number of aliphatic hydroxyl groups is 1. The standard InChI is InChI=1S/C16H22F2N2O2/c1-11(4-5-12-6-7-14(17)15(18)9-12)19-16(22)20-8-2-3-13(20)10-21/h6-7,9,11,13,21H,2-5,8,10H2,1H3,(H,19,22). The summed E-state index contributed by atoms with van der Waals surface area (Å²) in [6.07, 6.45) is 2.92. The Hall–Kier alpha value is -1.69. The third-order valence-electron chi connectivity index (χ3n) is 4.07. The van der Waals surface area contributed by atoms with Crippen LogP contribution in [0.3, 0.4) is 0 Å². The van der Waals surface area contributed by atoms with Crippen molar-refractivity contribution in [3.63, 3.8) is 0 Å². The summed E-state index contributed by atoms with van der Waals surface area (Å²) in [7, 11) is 0. The fourth-order valence-electron chi connectivity index (χ4n) is 2.74. The van der Waals surface area contributed by atoms with Gasteiger partial charge >= 0.3 is 6.03 Å². The van der Waals surface area contributed by atoms with E-state index >= 15 is 0 Å². The number of aliphatic hydroxyl groups excluding tert-OH is 1. The molecule has 0 spiro atoms. The zero-order valence-corrected chi connectivity index (χ0v) is 12.7. The van der Waals surface area contributed by atoms with E-state index < -0.39 is 11.6 Å². The lowest BCUT2D eigenvalue weighted by Gasteiger charge is -2.25. The van der Waals surface area contributed by atoms with E-state index in [0.29, 0.717) is 24.9 Å². The van der Waals surface area contributed by atoms with Gasteiger partial charge in [-0.2, -0.15) is 0 Å². The predicted octanol–water partition coefficient (Wildman–Crippen LogP) is 2.45. The molecule has 0 radical (unpaired) electrons. The largest absolute Gasteiger partial charge is 0.394 e. The van der Waals surface area contributed by atoms with Gasteiger partial charge in [0.1, 0.15) is 0 Å². The highest BCUT2D eigenvalue weighted by Gasteiger charge is 2.28. The number of carbonyl (C=O) groups is 1. The van der Waals surface area contributed by atoms with Crippen molar-refractivity contribution >= 4 is 6.03 Å². The van der Waals surface area contributed by atoms with Crippen LogP contribution in [0.1, 0.15) is 31.7 Å². The normalized spacial score (nSPS) is 19.3. The Kier molecular flexibility index (Phi) is 5.71. The van der Waals surface area contributed by atoms with Crippen LogP contribution in [0, 0.1) is 11.6 Å². The van der Waals surface area contributed by atoms with Crippen molar-refractivity contribution < 1.29 is 18.7 Å². The molecule has 0 aliphatic carbocycles. The van der Waals surface area contributed by atoms with Gasteiger partial charge in [0.2, 0.25) is 0 Å². The molecule has 2 N–H and O–H groups in total. The van der Waals surface area contributed by atoms with Crippen molar-refractivity contribution in [3.8, 4) is 0 Å². The number of amides is 2. The number of aryl methyl sites for hydroxylation is 1. The van der Waals surface area contributed by atoms with Gasteiger partial charge in [0.05, 0.1) is 12.6 Å². The average Bonchev–Trinajstić information content (AvgIpc) is 2.97. The number of halogens is 2. The number of nitrogens with one attached hydrogen (secondary N) is 1. The Bertz CT molecular complexity index is 525. The molecule has 1 aromatic rings. The molecule has 1 aromatic carbocycles. The minimum atomic E-state index is -0.853. The van der Waals surface area contributed by atoms with E-state index in [9.17, 15) is 18.7 Å². The van der Waals surface area contributed by atoms with E-state index in [1.165, 1.54) is 6.07 Å². The first-order chi connectivity index (χ1) is 10.5. The molecule has 22 heavy (non-hydrogen) atoms. The van der Waals surface area contributed by atoms with Gasteiger partial charge in [-0.3, -0.25) is 0 Å². The molecule has 1 aliphatic heterocycles. The van der Waals surface area contributed by atoms with Crippen LogP contribution in [-0.4, -0.2) is 41.3 Å². The minimum Gasteiger partial charge on any atom is -0.394 e. The van der Waals surface area contributed by atoms with Crippen LogP contribution in [0.25, 0.3) is 0 Å². The van der Waals surface area contributed by atoms with Crippen LogP contribution in [-0.2, 0) is 6.42 Å². The second-order valence-corrected chi connectivity index (χ2v) is 5.81. The van der Waals surface area contributed by atoms with E-state index in [1.807, 2.05) is 6.92 Å². The van der Waals surface area contributed by atoms with E-state index in [4.69, 9.17) is 0 Å². The Morgan fingerprint density at radius 3 is 2.91 bits per heavy atom. The van der Waals surface area contributed by atoms with Crippen LogP contribution in [0.15, 0.2) is 18.2 Å². The first kappa shape index (κ1) is 16.7. The Balaban J connectivity index is 1.81. The highest BCUT2D eigenvalue weighted by Crippen LogP contribution is 2.17. The number of hydrogen-bond acceptors (Lipinski definition) is 2. The zero-order chi connectivity index (χ0) is 16.1. The number of hydrogen-bond donors (Lipinski definition) is 2. The highest BCUT2D eigenvalue weighted by molar-refractivity contribution is 5.75. The molecule has 1 heterocycles. The van der Waals surface area contributed by atoms with Crippen molar-refractivity contribution in [2.24, 2.45) is 0 Å². The predicted molar refractivity (Wildman–Crippen MR) is 79.5 cm³/mol. The third-order valence-corrected chi connectivity index (χ3v) is 4.07. The topological polar surface area (TPSA) is 52.6 Å². The molecule has 0 bridgehead atoms. The first-order valence-corrected chi connectivity index (χ1v) is 7.63. The summed E-state index contributed by atoms with van der Waals surface area (Å²) < 4.78 is 26.0. The van der Waals surface area contributed by atoms with E-state index in [1.54, 1.807) is 11.0 Å². The summed E-state index contributed by atoms with van der Waals surface area (Å²) in [6, 6.07) is 3.50. The second kappa shape index (κ2) is 7.54. The van der Waals surface area contributed by atoms with Gasteiger partial charge in [0.15, 0.2) is 11.6 Å². The summed E-state index contributed by atoms with van der Waals surface area (Å²) in [5, 5.41) is 12.1. The molecular weight excluding hydrogens is 290 g/mol. The Morgan fingerprint density at radius 1 is 1.45 bits per heavy atom. The van der Waals surface area contributed by atoms with Gasteiger partial charge in [0, 0.05) is 12.6 Å². The molecule has 122 valence electrons. The molecule has 4 nitrogen and oxygen atoms in total. The van der Waals surface area contributed by atoms with Crippen LogP contribution in [0.4, 0.5) is 13.6 Å². The van der Waals surface area contributed by atoms with Crippen molar-refractivity contribution in [1.82, 2.24) is 10.2 Å². The number of likely N-dealkylation sites (tertiary alicyclic amines) is 1. The van der Waals surface area contributed by atoms with Gasteiger partial charge in [-0.05, 0) is 50.3 Å². The zero-order valence-electron chi connectivity index (χ0n) is 12.7. The molecule has 1 saturated heterocycles. The quantitative estimate of drug-likeness (QED) is 0.877. The third kappa shape index (κ3) is 4.16. The molecule has 2 amide bonds. The lowest BCUT2D eigenvalue weighted by molar-refractivity contribution is 0.155. The average molecular weight is 312 g/mol. The van der Waals surface area contributed by atoms with Crippen molar-refractivity contribution in [2.45, 2.75) is 44.7 Å². The highest BCUT2D eigenvalue weighted by atomic mass is 19.2. The number of urea groups is 1. The minimum absolute atomic E-state index is 0.0172. The maximum Gasteiger partial charge on any atom is 0.317 e. The van der Waals surface area contributed by atoms with Gasteiger partial charge < -0.3 is 15.3 Å². The molecule has 1 fully saturated rings. The summed E-state index contributed by atoms with van der Waals surface area (Å²) >= 11 is 0. The lowest BCUT2D eigenvalue weighted by Crippen LogP contribution is -2.47. The summed E-state index contributed by atoms with van der Waals surface area (Å²) in [6.45, 7) is 2.52. The van der Waals surface area contributed by atoms with Crippen molar-refractivity contribution in [3.05, 3.63) is 35.4 Å². The van der Waals surface area contributed by atoms with E-state index in [0.717, 1.165) is 18.9 Å². The molecule has 2 unspecified atom stereocenters. The van der Waals surface area contributed by atoms with E-state index in [-0.39, 0.29) is 24.7 Å². The van der Waals surface area contributed by atoms with Crippen molar-refractivity contribution in [2.75, 3.05) is 13.2 Å². The van der Waals surface area contributed by atoms with Crippen LogP contribution < -0.4 is 5.32 Å². The summed E-state index contributed by atoms with van der Waals surface area (Å²) in [5.41, 5.74) is 0.703. The summed E-state index contributed by atoms with van der Waals surface area (Å²) in [4.78, 5) is 13.8. The van der Waals surface area contributed by atoms with Crippen LogP contribution in [0.2, 0.25) is 0 Å². The smallest absolute Gasteiger partial charge is 0.317 e. The van der Waals surface area contributed by atoms with Gasteiger partial charge in [-0.1, -0.05) is 6.07 Å². The molecular formula is C16H22F2N2O2. The number of benzene rings is 1. The number of rotatable bonds is 5. The molecule has 2 rings (SSSR count). The molecule has 0 saturated carbocycles. The lowest BCUT2D eigenvalue weighted by atomic mass is 10.1. The molecule has 0 aromatic heterocycles. The Morgan fingerprint density at radius 2 is 2.23 bits per heavy atom. The van der Waals surface area contributed by atoms with Crippen LogP contribution in [0.5, 0.6) is 0 Å². The summed E-state index contributed by atoms with van der Waals surface area (Å²) in [5.74, 6) is -1.70. The SMILES string of the molecule is CC(CCc1ccc(F)c(F)c1)NC(=O)N1CCCC1CO. The molecule has 2 atom stereocenters. The van der Waals surface area contributed by atoms with Crippen LogP contribution >= 0.6 is 0 Å². The fourth-order valence-corrected chi connectivity index (χ4v) is 2.74. The number of nitrogens with zero attached hydrogens (tertiary/aromatic N) is 1. The maximum atomic E-state index is 13.1. The molecule has 1 aliphatic rings.